The number of nitrogens with zero attached hydrogens (tertiary/aromatic N) is 1. The molecule has 3 aromatic rings. The van der Waals surface area contributed by atoms with Crippen LogP contribution in [0, 0.1) is 6.92 Å². The van der Waals surface area contributed by atoms with E-state index < -0.39 is 5.97 Å². The first-order valence-electron chi connectivity index (χ1n) is 9.17. The molecule has 6 nitrogen and oxygen atoms in total. The van der Waals surface area contributed by atoms with Gasteiger partial charge in [-0.2, -0.15) is 5.10 Å². The first-order chi connectivity index (χ1) is 14.5. The minimum absolute atomic E-state index is 0.328. The Morgan fingerprint density at radius 2 is 1.73 bits per heavy atom. The van der Waals surface area contributed by atoms with Crippen LogP contribution in [0.5, 0.6) is 11.5 Å². The lowest BCUT2D eigenvalue weighted by Crippen LogP contribution is -2.23. The predicted molar refractivity (Wildman–Crippen MR) is 123 cm³/mol. The summed E-state index contributed by atoms with van der Waals surface area (Å²) in [6.45, 7) is 1.96. The lowest BCUT2D eigenvalue weighted by molar-refractivity contribution is 0.0729. The van der Waals surface area contributed by atoms with E-state index in [0.29, 0.717) is 22.2 Å². The zero-order chi connectivity index (χ0) is 21.3. The number of hydrazone groups is 1. The number of ether oxygens (including phenoxy) is 2. The summed E-state index contributed by atoms with van der Waals surface area (Å²) >= 11 is 5.20. The number of nitrogens with one attached hydrogen (secondary N) is 2. The minimum Gasteiger partial charge on any atom is -0.493 e. The van der Waals surface area contributed by atoms with E-state index in [1.54, 1.807) is 36.5 Å². The molecule has 0 radical (unpaired) electrons. The number of aryl methyl sites for hydroxylation is 1. The van der Waals surface area contributed by atoms with Crippen molar-refractivity contribution in [3.05, 3.63) is 89.5 Å². The van der Waals surface area contributed by atoms with Crippen molar-refractivity contribution in [2.24, 2.45) is 5.10 Å². The monoisotopic (exact) mass is 419 g/mol. The van der Waals surface area contributed by atoms with E-state index in [1.165, 1.54) is 7.11 Å². The number of thiocarbonyl (C=S) groups is 1. The Hall–Kier alpha value is -3.71. The zero-order valence-corrected chi connectivity index (χ0v) is 17.4. The molecule has 0 fully saturated rings. The SMILES string of the molecule is COc1cc(C=NNC(=S)Nc2ccccc2)ccc1OC(=O)c1ccc(C)cc1. The summed E-state index contributed by atoms with van der Waals surface area (Å²) in [4.78, 5) is 12.3. The van der Waals surface area contributed by atoms with E-state index in [2.05, 4.69) is 15.8 Å². The van der Waals surface area contributed by atoms with Gasteiger partial charge in [-0.25, -0.2) is 4.79 Å². The van der Waals surface area contributed by atoms with Gasteiger partial charge in [-0.1, -0.05) is 35.9 Å². The van der Waals surface area contributed by atoms with Crippen LogP contribution in [-0.4, -0.2) is 24.4 Å². The van der Waals surface area contributed by atoms with Gasteiger partial charge in [0.25, 0.3) is 0 Å². The van der Waals surface area contributed by atoms with Crippen molar-refractivity contribution >= 4 is 35.2 Å². The maximum atomic E-state index is 12.3. The highest BCUT2D eigenvalue weighted by atomic mass is 32.1. The van der Waals surface area contributed by atoms with Crippen molar-refractivity contribution in [2.75, 3.05) is 12.4 Å². The number of para-hydroxylation sites is 1. The Labute approximate surface area is 180 Å². The summed E-state index contributed by atoms with van der Waals surface area (Å²) < 4.78 is 10.8. The molecule has 30 heavy (non-hydrogen) atoms. The average molecular weight is 420 g/mol. The predicted octanol–water partition coefficient (Wildman–Crippen LogP) is 4.54. The molecule has 0 amide bonds. The van der Waals surface area contributed by atoms with Crippen LogP contribution in [0.25, 0.3) is 0 Å². The average Bonchev–Trinajstić information content (AvgIpc) is 2.75. The van der Waals surface area contributed by atoms with Crippen LogP contribution < -0.4 is 20.2 Å². The van der Waals surface area contributed by atoms with E-state index in [-0.39, 0.29) is 0 Å². The fourth-order valence-corrected chi connectivity index (χ4v) is 2.71. The van der Waals surface area contributed by atoms with Crippen LogP contribution in [0.3, 0.4) is 0 Å². The number of esters is 1. The third-order valence-corrected chi connectivity index (χ3v) is 4.28. The van der Waals surface area contributed by atoms with E-state index in [0.717, 1.165) is 16.8 Å². The first kappa shape index (κ1) is 21.0. The highest BCUT2D eigenvalue weighted by molar-refractivity contribution is 7.80. The topological polar surface area (TPSA) is 71.9 Å². The Kier molecular flexibility index (Phi) is 7.13. The number of benzene rings is 3. The molecule has 0 aliphatic heterocycles. The van der Waals surface area contributed by atoms with Crippen LogP contribution >= 0.6 is 12.2 Å². The molecule has 0 saturated heterocycles. The molecule has 0 atom stereocenters. The number of methoxy groups -OCH3 is 1. The second kappa shape index (κ2) is 10.2. The minimum atomic E-state index is -0.450. The molecule has 0 unspecified atom stereocenters. The third-order valence-electron chi connectivity index (χ3n) is 4.09. The van der Waals surface area contributed by atoms with Gasteiger partial charge in [-0.3, -0.25) is 5.43 Å². The van der Waals surface area contributed by atoms with Crippen LogP contribution in [0.4, 0.5) is 5.69 Å². The van der Waals surface area contributed by atoms with Crippen molar-refractivity contribution in [3.63, 3.8) is 0 Å². The number of hydrogen-bond donors (Lipinski definition) is 2. The first-order valence-corrected chi connectivity index (χ1v) is 9.58. The van der Waals surface area contributed by atoms with Crippen LogP contribution in [0.2, 0.25) is 0 Å². The molecule has 0 aliphatic rings. The van der Waals surface area contributed by atoms with Gasteiger partial charge in [0, 0.05) is 5.69 Å². The molecule has 3 aromatic carbocycles. The second-order valence-corrected chi connectivity index (χ2v) is 6.76. The smallest absolute Gasteiger partial charge is 0.343 e. The van der Waals surface area contributed by atoms with Gasteiger partial charge in [0.2, 0.25) is 0 Å². The fraction of sp³-hybridized carbons (Fsp3) is 0.0870. The Balaban J connectivity index is 1.62. The van der Waals surface area contributed by atoms with E-state index in [1.807, 2.05) is 49.4 Å². The third kappa shape index (κ3) is 5.89. The van der Waals surface area contributed by atoms with Gasteiger partial charge in [-0.05, 0) is 67.2 Å². The van der Waals surface area contributed by atoms with Gasteiger partial charge in [0.1, 0.15) is 0 Å². The lowest BCUT2D eigenvalue weighted by Gasteiger charge is -2.10. The standard InChI is InChI=1S/C23H21N3O3S/c1-16-8-11-18(12-9-16)22(27)29-20-13-10-17(14-21(20)28-2)15-24-26-23(30)25-19-6-4-3-5-7-19/h3-15H,1-2H3,(H2,25,26,30). The highest BCUT2D eigenvalue weighted by Crippen LogP contribution is 2.28. The normalized spacial score (nSPS) is 10.5. The molecule has 0 heterocycles. The molecule has 152 valence electrons. The van der Waals surface area contributed by atoms with Crippen molar-refractivity contribution in [1.29, 1.82) is 0 Å². The van der Waals surface area contributed by atoms with E-state index >= 15 is 0 Å². The van der Waals surface area contributed by atoms with Crippen LogP contribution in [0.15, 0.2) is 77.9 Å². The number of hydrogen-bond acceptors (Lipinski definition) is 5. The van der Waals surface area contributed by atoms with Gasteiger partial charge >= 0.3 is 5.97 Å². The molecule has 7 heteroatoms. The molecule has 0 spiro atoms. The summed E-state index contributed by atoms with van der Waals surface area (Å²) in [6.07, 6.45) is 1.59. The number of rotatable bonds is 6. The van der Waals surface area contributed by atoms with Gasteiger partial charge in [0.15, 0.2) is 16.6 Å². The maximum Gasteiger partial charge on any atom is 0.343 e. The number of anilines is 1. The summed E-state index contributed by atoms with van der Waals surface area (Å²) in [6, 6.07) is 21.9. The van der Waals surface area contributed by atoms with Gasteiger partial charge in [-0.15, -0.1) is 0 Å². The molecule has 3 rings (SSSR count). The van der Waals surface area contributed by atoms with E-state index in [9.17, 15) is 4.79 Å². The zero-order valence-electron chi connectivity index (χ0n) is 16.6. The molecule has 0 bridgehead atoms. The molecule has 0 aromatic heterocycles. The quantitative estimate of drug-likeness (QED) is 0.201. The lowest BCUT2D eigenvalue weighted by atomic mass is 10.1. The van der Waals surface area contributed by atoms with Crippen LogP contribution in [0.1, 0.15) is 21.5 Å². The number of carbonyl (C=O) groups excluding carboxylic acids is 1. The summed E-state index contributed by atoms with van der Waals surface area (Å²) in [5, 5.41) is 7.51. The molecular weight excluding hydrogens is 398 g/mol. The Bertz CT molecular complexity index is 1050. The van der Waals surface area contributed by atoms with E-state index in [4.69, 9.17) is 21.7 Å². The van der Waals surface area contributed by atoms with Crippen molar-refractivity contribution < 1.29 is 14.3 Å². The fourth-order valence-electron chi connectivity index (χ4n) is 2.54. The summed E-state index contributed by atoms with van der Waals surface area (Å²) in [7, 11) is 1.51. The largest absolute Gasteiger partial charge is 0.493 e. The van der Waals surface area contributed by atoms with Crippen molar-refractivity contribution in [1.82, 2.24) is 5.43 Å². The molecular formula is C23H21N3O3S. The molecule has 2 N–H and O–H groups in total. The molecule has 0 saturated carbocycles. The summed E-state index contributed by atoms with van der Waals surface area (Å²) in [5.41, 5.74) is 5.91. The van der Waals surface area contributed by atoms with Crippen molar-refractivity contribution in [2.45, 2.75) is 6.92 Å². The highest BCUT2D eigenvalue weighted by Gasteiger charge is 2.12. The second-order valence-electron chi connectivity index (χ2n) is 6.36. The Morgan fingerprint density at radius 1 is 1.00 bits per heavy atom. The Morgan fingerprint density at radius 3 is 2.43 bits per heavy atom. The maximum absolute atomic E-state index is 12.3. The number of carbonyl (C=O) groups is 1. The van der Waals surface area contributed by atoms with Crippen LogP contribution in [-0.2, 0) is 0 Å². The van der Waals surface area contributed by atoms with Gasteiger partial charge < -0.3 is 14.8 Å². The van der Waals surface area contributed by atoms with Crippen molar-refractivity contribution in [3.8, 4) is 11.5 Å². The summed E-state index contributed by atoms with van der Waals surface area (Å²) in [5.74, 6) is 0.299. The van der Waals surface area contributed by atoms with Gasteiger partial charge in [0.05, 0.1) is 18.9 Å². The molecule has 0 aliphatic carbocycles.